The number of carbonyl (C=O) groups excluding carboxylic acids is 1. The van der Waals surface area contributed by atoms with Gasteiger partial charge in [-0.2, -0.15) is 13.2 Å². The molecule has 3 aromatic carbocycles. The predicted molar refractivity (Wildman–Crippen MR) is 147 cm³/mol. The summed E-state index contributed by atoms with van der Waals surface area (Å²) in [6.45, 7) is 5.63. The molecule has 2 N–H and O–H groups in total. The molecule has 1 amide bonds. The number of nitrogens with one attached hydrogen (secondary N) is 1. The van der Waals surface area contributed by atoms with Crippen LogP contribution in [0.15, 0.2) is 59.8 Å². The minimum absolute atomic E-state index is 0.0441. The van der Waals surface area contributed by atoms with Gasteiger partial charge in [-0.1, -0.05) is 52.6 Å². The van der Waals surface area contributed by atoms with Crippen molar-refractivity contribution in [1.82, 2.24) is 5.32 Å². The molecule has 6 nitrogen and oxygen atoms in total. The first-order valence-corrected chi connectivity index (χ1v) is 13.1. The molecule has 2 heterocycles. The Morgan fingerprint density at radius 2 is 1.80 bits per heavy atom. The van der Waals surface area contributed by atoms with E-state index >= 15 is 0 Å². The lowest BCUT2D eigenvalue weighted by Gasteiger charge is -2.29. The van der Waals surface area contributed by atoms with Crippen molar-refractivity contribution in [3.05, 3.63) is 98.0 Å². The molecule has 0 bridgehead atoms. The monoisotopic (exact) mass is 590 g/mol. The molecule has 0 spiro atoms. The number of aryl methyl sites for hydroxylation is 1. The molecule has 3 aromatic rings. The van der Waals surface area contributed by atoms with Gasteiger partial charge in [0.15, 0.2) is 0 Å². The molecule has 2 aliphatic rings. The number of alkyl halides is 3. The van der Waals surface area contributed by atoms with Crippen LogP contribution in [0.2, 0.25) is 10.0 Å². The smallest absolute Gasteiger partial charge is 0.423 e. The number of benzene rings is 3. The van der Waals surface area contributed by atoms with Crippen LogP contribution < -0.4 is 10.8 Å². The summed E-state index contributed by atoms with van der Waals surface area (Å²) in [5.74, 6) is -0.357. The summed E-state index contributed by atoms with van der Waals surface area (Å²) in [7, 11) is -1.04. The number of rotatable bonds is 5. The zero-order chi connectivity index (χ0) is 29.0. The molecule has 208 valence electrons. The van der Waals surface area contributed by atoms with Crippen LogP contribution in [0.5, 0.6) is 0 Å². The van der Waals surface area contributed by atoms with Gasteiger partial charge in [0.1, 0.15) is 0 Å². The number of hydrogen-bond acceptors (Lipinski definition) is 5. The van der Waals surface area contributed by atoms with Crippen molar-refractivity contribution in [3.63, 3.8) is 0 Å². The van der Waals surface area contributed by atoms with E-state index in [4.69, 9.17) is 32.7 Å². The zero-order valence-electron chi connectivity index (χ0n) is 21.7. The SMILES string of the molecule is Cc1cc(C2=NOC(c3cc(Cl)cc(Cl)c3)(C(F)(F)F)C2)ccc1C(=O)NCc1ccc2c(c1)B(O)OC2(C)C. The molecule has 0 aliphatic carbocycles. The number of carbonyl (C=O) groups is 1. The number of fused-ring (bicyclic) bond motifs is 1. The second kappa shape index (κ2) is 10.1. The summed E-state index contributed by atoms with van der Waals surface area (Å²) in [6.07, 6.45) is -5.40. The standard InChI is InChI=1S/C28H24BCl2F3N2O4/c1-15-8-17(24-13-27(40-36-24,28(32,33)34)18-10-19(30)12-20(31)11-18)5-6-21(15)25(37)35-14-16-4-7-22-23(9-16)29(38)39-26(22,2)3/h4-12,38H,13-14H2,1-3H3,(H,35,37). The fraction of sp³-hybridized carbons (Fsp3) is 0.286. The van der Waals surface area contributed by atoms with Gasteiger partial charge in [-0.3, -0.25) is 4.79 Å². The maximum atomic E-state index is 14.3. The first-order chi connectivity index (χ1) is 18.7. The van der Waals surface area contributed by atoms with Crippen molar-refractivity contribution in [3.8, 4) is 0 Å². The van der Waals surface area contributed by atoms with E-state index in [9.17, 15) is 23.0 Å². The molecule has 1 unspecified atom stereocenters. The third-order valence-corrected chi connectivity index (χ3v) is 7.65. The van der Waals surface area contributed by atoms with Crippen LogP contribution in [0.3, 0.4) is 0 Å². The van der Waals surface area contributed by atoms with Gasteiger partial charge in [-0.05, 0) is 78.8 Å². The Morgan fingerprint density at radius 1 is 1.10 bits per heavy atom. The Hall–Kier alpha value is -3.05. The number of amides is 1. The van der Waals surface area contributed by atoms with Gasteiger partial charge >= 0.3 is 13.3 Å². The Bertz CT molecular complexity index is 1530. The molecule has 0 radical (unpaired) electrons. The second-order valence-electron chi connectivity index (χ2n) is 10.4. The third-order valence-electron chi connectivity index (χ3n) is 7.21. The Labute approximate surface area is 239 Å². The van der Waals surface area contributed by atoms with Gasteiger partial charge in [0.05, 0.1) is 11.3 Å². The van der Waals surface area contributed by atoms with E-state index in [0.717, 1.165) is 23.3 Å². The average molecular weight is 591 g/mol. The summed E-state index contributed by atoms with van der Waals surface area (Å²) in [4.78, 5) is 18.0. The van der Waals surface area contributed by atoms with Crippen molar-refractivity contribution in [1.29, 1.82) is 0 Å². The topological polar surface area (TPSA) is 80.2 Å². The van der Waals surface area contributed by atoms with Crippen LogP contribution in [-0.4, -0.2) is 29.9 Å². The third kappa shape index (κ3) is 5.09. The molecular formula is C28H24BCl2F3N2O4. The van der Waals surface area contributed by atoms with Gasteiger partial charge in [-0.15, -0.1) is 0 Å². The Morgan fingerprint density at radius 3 is 2.45 bits per heavy atom. The van der Waals surface area contributed by atoms with Crippen LogP contribution in [0.4, 0.5) is 13.2 Å². The van der Waals surface area contributed by atoms with Crippen LogP contribution in [-0.2, 0) is 27.2 Å². The first kappa shape index (κ1) is 28.5. The van der Waals surface area contributed by atoms with Gasteiger partial charge in [0.2, 0.25) is 0 Å². The minimum Gasteiger partial charge on any atom is -0.423 e. The minimum atomic E-state index is -4.81. The van der Waals surface area contributed by atoms with E-state index < -0.39 is 30.9 Å². The van der Waals surface area contributed by atoms with Crippen molar-refractivity contribution >= 4 is 47.4 Å². The van der Waals surface area contributed by atoms with Crippen LogP contribution in [0.25, 0.3) is 0 Å². The predicted octanol–water partition coefficient (Wildman–Crippen LogP) is 5.77. The summed E-state index contributed by atoms with van der Waals surface area (Å²) in [5, 5.41) is 16.9. The van der Waals surface area contributed by atoms with Crippen molar-refractivity contribution in [2.75, 3.05) is 0 Å². The number of hydrogen-bond donors (Lipinski definition) is 2. The molecule has 0 saturated heterocycles. The summed E-state index contributed by atoms with van der Waals surface area (Å²) >= 11 is 11.9. The maximum absolute atomic E-state index is 14.3. The normalized spacial score (nSPS) is 19.7. The quantitative estimate of drug-likeness (QED) is 0.370. The largest absolute Gasteiger partial charge is 0.492 e. The number of oxime groups is 1. The van der Waals surface area contributed by atoms with Gasteiger partial charge in [0, 0.05) is 34.1 Å². The highest BCUT2D eigenvalue weighted by Crippen LogP contribution is 2.49. The zero-order valence-corrected chi connectivity index (χ0v) is 23.2. The van der Waals surface area contributed by atoms with E-state index in [1.54, 1.807) is 19.1 Å². The first-order valence-electron chi connectivity index (χ1n) is 12.4. The van der Waals surface area contributed by atoms with E-state index in [0.29, 0.717) is 22.2 Å². The molecule has 40 heavy (non-hydrogen) atoms. The molecule has 0 aromatic heterocycles. The Balaban J connectivity index is 1.32. The van der Waals surface area contributed by atoms with Crippen LogP contribution >= 0.6 is 23.2 Å². The van der Waals surface area contributed by atoms with E-state index in [1.165, 1.54) is 18.2 Å². The van der Waals surface area contributed by atoms with E-state index in [1.807, 2.05) is 26.0 Å². The Kier molecular flexibility index (Phi) is 7.19. The summed E-state index contributed by atoms with van der Waals surface area (Å²) < 4.78 is 48.5. The van der Waals surface area contributed by atoms with Crippen molar-refractivity contribution in [2.24, 2.45) is 5.16 Å². The maximum Gasteiger partial charge on any atom is 0.492 e. The average Bonchev–Trinajstić information content (AvgIpc) is 3.42. The highest BCUT2D eigenvalue weighted by atomic mass is 35.5. The molecule has 1 atom stereocenters. The summed E-state index contributed by atoms with van der Waals surface area (Å²) in [6, 6.07) is 13.8. The second-order valence-corrected chi connectivity index (χ2v) is 11.3. The summed E-state index contributed by atoms with van der Waals surface area (Å²) in [5.41, 5.74) is 0.0938. The number of halogens is 5. The van der Waals surface area contributed by atoms with E-state index in [2.05, 4.69) is 10.5 Å². The lowest BCUT2D eigenvalue weighted by molar-refractivity contribution is -0.275. The molecule has 2 aliphatic heterocycles. The van der Waals surface area contributed by atoms with Gasteiger partial charge in [0.25, 0.3) is 11.5 Å². The van der Waals surface area contributed by atoms with Gasteiger partial charge < -0.3 is 19.8 Å². The number of nitrogens with zero attached hydrogens (tertiary/aromatic N) is 1. The molecular weight excluding hydrogens is 567 g/mol. The van der Waals surface area contributed by atoms with Gasteiger partial charge in [-0.25, -0.2) is 0 Å². The molecule has 0 saturated carbocycles. The highest BCUT2D eigenvalue weighted by molar-refractivity contribution is 6.62. The van der Waals surface area contributed by atoms with Crippen LogP contribution in [0.1, 0.15) is 58.4 Å². The molecule has 5 rings (SSSR count). The fourth-order valence-electron chi connectivity index (χ4n) is 5.10. The molecule has 12 heteroatoms. The lowest BCUT2D eigenvalue weighted by atomic mass is 9.77. The lowest BCUT2D eigenvalue weighted by Crippen LogP contribution is -2.42. The van der Waals surface area contributed by atoms with Crippen molar-refractivity contribution in [2.45, 2.75) is 51.1 Å². The highest BCUT2D eigenvalue weighted by Gasteiger charge is 2.62. The van der Waals surface area contributed by atoms with E-state index in [-0.39, 0.29) is 33.8 Å². The van der Waals surface area contributed by atoms with Crippen LogP contribution in [0, 0.1) is 6.92 Å². The van der Waals surface area contributed by atoms with Crippen molar-refractivity contribution < 1.29 is 32.5 Å². The fourth-order valence-corrected chi connectivity index (χ4v) is 5.63. The molecule has 0 fully saturated rings.